The fourth-order valence-electron chi connectivity index (χ4n) is 0.742. The van der Waals surface area contributed by atoms with Crippen molar-refractivity contribution in [2.45, 2.75) is 12.8 Å². The van der Waals surface area contributed by atoms with Gasteiger partial charge in [-0.15, -0.1) is 0 Å². The second kappa shape index (κ2) is 5.13. The molecule has 0 aliphatic carbocycles. The maximum absolute atomic E-state index is 10.6. The first-order valence-electron chi connectivity index (χ1n) is 3.48. The molecule has 13 heavy (non-hydrogen) atoms. The molecule has 0 heterocycles. The van der Waals surface area contributed by atoms with Crippen LogP contribution in [0.15, 0.2) is 0 Å². The monoisotopic (exact) mass is 190 g/mol. The second-order valence-corrected chi connectivity index (χ2v) is 2.41. The van der Waals surface area contributed by atoms with E-state index < -0.39 is 36.7 Å². The van der Waals surface area contributed by atoms with E-state index >= 15 is 0 Å². The van der Waals surface area contributed by atoms with Crippen LogP contribution in [0.2, 0.25) is 0 Å². The SMILES string of the molecule is COC(=O)CC(CC(=O)O)C(=O)O. The van der Waals surface area contributed by atoms with Crippen LogP contribution in [0, 0.1) is 5.92 Å². The van der Waals surface area contributed by atoms with Gasteiger partial charge in [-0.05, 0) is 0 Å². The van der Waals surface area contributed by atoms with Crippen LogP contribution in [0.5, 0.6) is 0 Å². The van der Waals surface area contributed by atoms with Crippen LogP contribution in [-0.4, -0.2) is 35.2 Å². The van der Waals surface area contributed by atoms with Crippen LogP contribution < -0.4 is 0 Å². The number of carboxylic acid groups (broad SMARTS) is 2. The quantitative estimate of drug-likeness (QED) is 0.578. The lowest BCUT2D eigenvalue weighted by Gasteiger charge is -2.07. The molecule has 0 aromatic heterocycles. The van der Waals surface area contributed by atoms with Gasteiger partial charge in [0.1, 0.15) is 0 Å². The van der Waals surface area contributed by atoms with Gasteiger partial charge < -0.3 is 14.9 Å². The molecule has 0 amide bonds. The Balaban J connectivity index is 4.18. The van der Waals surface area contributed by atoms with Crippen molar-refractivity contribution in [1.29, 1.82) is 0 Å². The lowest BCUT2D eigenvalue weighted by Crippen LogP contribution is -2.21. The number of aliphatic carboxylic acids is 2. The first-order valence-corrected chi connectivity index (χ1v) is 3.48. The van der Waals surface area contributed by atoms with Gasteiger partial charge in [0.2, 0.25) is 0 Å². The average molecular weight is 190 g/mol. The van der Waals surface area contributed by atoms with Crippen molar-refractivity contribution in [2.24, 2.45) is 5.92 Å². The number of carboxylic acids is 2. The number of hydrogen-bond donors (Lipinski definition) is 2. The number of ether oxygens (including phenoxy) is 1. The second-order valence-electron chi connectivity index (χ2n) is 2.41. The fourth-order valence-corrected chi connectivity index (χ4v) is 0.742. The van der Waals surface area contributed by atoms with Crippen LogP contribution in [0.1, 0.15) is 12.8 Å². The largest absolute Gasteiger partial charge is 0.481 e. The minimum Gasteiger partial charge on any atom is -0.481 e. The topological polar surface area (TPSA) is 101 Å². The molecule has 0 aromatic carbocycles. The number of carbonyl (C=O) groups excluding carboxylic acids is 1. The molecule has 0 aromatic rings. The van der Waals surface area contributed by atoms with Crippen molar-refractivity contribution in [3.05, 3.63) is 0 Å². The normalized spacial score (nSPS) is 11.8. The highest BCUT2D eigenvalue weighted by atomic mass is 16.5. The summed E-state index contributed by atoms with van der Waals surface area (Å²) in [5.74, 6) is -4.51. The summed E-state index contributed by atoms with van der Waals surface area (Å²) in [4.78, 5) is 31.2. The summed E-state index contributed by atoms with van der Waals surface area (Å²) in [5, 5.41) is 16.8. The van der Waals surface area contributed by atoms with Gasteiger partial charge >= 0.3 is 17.9 Å². The summed E-state index contributed by atoms with van der Waals surface area (Å²) in [5.41, 5.74) is 0. The van der Waals surface area contributed by atoms with Crippen molar-refractivity contribution in [3.63, 3.8) is 0 Å². The van der Waals surface area contributed by atoms with Gasteiger partial charge in [-0.1, -0.05) is 0 Å². The molecule has 0 bridgehead atoms. The molecular formula is C7H10O6. The van der Waals surface area contributed by atoms with E-state index in [-0.39, 0.29) is 0 Å². The summed E-state index contributed by atoms with van der Waals surface area (Å²) in [6.45, 7) is 0. The Morgan fingerprint density at radius 1 is 1.23 bits per heavy atom. The van der Waals surface area contributed by atoms with E-state index in [0.29, 0.717) is 0 Å². The Kier molecular flexibility index (Phi) is 4.50. The zero-order chi connectivity index (χ0) is 10.4. The molecule has 1 unspecified atom stereocenters. The van der Waals surface area contributed by atoms with Crippen LogP contribution in [-0.2, 0) is 19.1 Å². The summed E-state index contributed by atoms with van der Waals surface area (Å²) < 4.78 is 4.22. The highest BCUT2D eigenvalue weighted by Gasteiger charge is 2.24. The molecule has 6 heteroatoms. The molecule has 6 nitrogen and oxygen atoms in total. The summed E-state index contributed by atoms with van der Waals surface area (Å²) >= 11 is 0. The minimum atomic E-state index is -1.31. The van der Waals surface area contributed by atoms with Gasteiger partial charge in [0.15, 0.2) is 0 Å². The first kappa shape index (κ1) is 11.4. The van der Waals surface area contributed by atoms with E-state index in [1.165, 1.54) is 0 Å². The lowest BCUT2D eigenvalue weighted by atomic mass is 10.0. The van der Waals surface area contributed by atoms with Gasteiger partial charge in [0.05, 0.1) is 25.9 Å². The van der Waals surface area contributed by atoms with Crippen molar-refractivity contribution in [1.82, 2.24) is 0 Å². The number of esters is 1. The predicted molar refractivity (Wildman–Crippen MR) is 40.0 cm³/mol. The minimum absolute atomic E-state index is 0.419. The smallest absolute Gasteiger partial charge is 0.307 e. The Labute approximate surface area is 74.1 Å². The third-order valence-electron chi connectivity index (χ3n) is 1.41. The molecule has 0 fully saturated rings. The highest BCUT2D eigenvalue weighted by Crippen LogP contribution is 2.09. The van der Waals surface area contributed by atoms with E-state index in [1.54, 1.807) is 0 Å². The molecular weight excluding hydrogens is 180 g/mol. The summed E-state index contributed by atoms with van der Waals surface area (Å²) in [7, 11) is 1.11. The van der Waals surface area contributed by atoms with Crippen molar-refractivity contribution >= 4 is 17.9 Å². The van der Waals surface area contributed by atoms with Gasteiger partial charge in [-0.3, -0.25) is 14.4 Å². The highest BCUT2D eigenvalue weighted by molar-refractivity contribution is 5.82. The zero-order valence-electron chi connectivity index (χ0n) is 7.02. The van der Waals surface area contributed by atoms with E-state index in [4.69, 9.17) is 10.2 Å². The zero-order valence-corrected chi connectivity index (χ0v) is 7.02. The molecule has 0 aliphatic rings. The molecule has 0 spiro atoms. The maximum Gasteiger partial charge on any atom is 0.307 e. The molecule has 74 valence electrons. The van der Waals surface area contributed by atoms with Crippen LogP contribution in [0.4, 0.5) is 0 Å². The molecule has 0 radical (unpaired) electrons. The van der Waals surface area contributed by atoms with Gasteiger partial charge in [0.25, 0.3) is 0 Å². The standard InChI is InChI=1S/C7H10O6/c1-13-6(10)3-4(7(11)12)2-5(8)9/h4H,2-3H2,1H3,(H,8,9)(H,11,12). The lowest BCUT2D eigenvalue weighted by molar-refractivity contribution is -0.153. The van der Waals surface area contributed by atoms with Crippen molar-refractivity contribution < 1.29 is 29.3 Å². The van der Waals surface area contributed by atoms with Crippen LogP contribution in [0.25, 0.3) is 0 Å². The van der Waals surface area contributed by atoms with Gasteiger partial charge in [0, 0.05) is 0 Å². The summed E-state index contributed by atoms with van der Waals surface area (Å²) in [6, 6.07) is 0. The number of hydrogen-bond acceptors (Lipinski definition) is 4. The maximum atomic E-state index is 10.6. The van der Waals surface area contributed by atoms with Crippen LogP contribution >= 0.6 is 0 Å². The molecule has 0 aliphatic heterocycles. The van der Waals surface area contributed by atoms with E-state index in [2.05, 4.69) is 4.74 Å². The molecule has 0 rings (SSSR count). The molecule has 1 atom stereocenters. The Morgan fingerprint density at radius 3 is 2.08 bits per heavy atom. The average Bonchev–Trinajstić information content (AvgIpc) is 2.02. The van der Waals surface area contributed by atoms with Crippen molar-refractivity contribution in [2.75, 3.05) is 7.11 Å². The van der Waals surface area contributed by atoms with Crippen molar-refractivity contribution in [3.8, 4) is 0 Å². The Hall–Kier alpha value is -1.59. The molecule has 0 saturated carbocycles. The Morgan fingerprint density at radius 2 is 1.77 bits per heavy atom. The number of carbonyl (C=O) groups is 3. The number of rotatable bonds is 5. The van der Waals surface area contributed by atoms with Gasteiger partial charge in [-0.25, -0.2) is 0 Å². The molecule has 0 saturated heterocycles. The summed E-state index contributed by atoms with van der Waals surface area (Å²) in [6.07, 6.45) is -0.997. The van der Waals surface area contributed by atoms with E-state index in [0.717, 1.165) is 7.11 Å². The Bertz CT molecular complexity index is 221. The predicted octanol–water partition coefficient (Wildman–Crippen LogP) is -0.275. The van der Waals surface area contributed by atoms with Crippen LogP contribution in [0.3, 0.4) is 0 Å². The third kappa shape index (κ3) is 4.78. The fraction of sp³-hybridized carbons (Fsp3) is 0.571. The first-order chi connectivity index (χ1) is 5.97. The van der Waals surface area contributed by atoms with E-state index in [9.17, 15) is 14.4 Å². The van der Waals surface area contributed by atoms with Gasteiger partial charge in [-0.2, -0.15) is 0 Å². The number of methoxy groups -OCH3 is 1. The third-order valence-corrected chi connectivity index (χ3v) is 1.41. The molecule has 2 N–H and O–H groups in total. The van der Waals surface area contributed by atoms with E-state index in [1.807, 2.05) is 0 Å².